The Morgan fingerprint density at radius 2 is 1.46 bits per heavy atom. The number of aromatic nitrogens is 5. The zero-order valence-corrected chi connectivity index (χ0v) is 65.0. The minimum Gasteiger partial charge on any atom is -0.495 e. The molecule has 42 heteroatoms. The number of pyridine rings is 1. The van der Waals surface area contributed by atoms with Crippen LogP contribution in [-0.4, -0.2) is 248 Å². The second-order valence-corrected chi connectivity index (χ2v) is 30.9. The Morgan fingerprint density at radius 3 is 2.14 bits per heavy atom. The molecule has 5 aromatic rings. The van der Waals surface area contributed by atoms with Gasteiger partial charge in [0.15, 0.2) is 6.04 Å². The fourth-order valence-corrected chi connectivity index (χ4v) is 16.3. The molecule has 0 aromatic carbocycles. The number of hydrogen-bond acceptors (Lipinski definition) is 31. The first kappa shape index (κ1) is 83.7. The van der Waals surface area contributed by atoms with Crippen LogP contribution in [-0.2, 0) is 16.9 Å². The third-order valence-electron chi connectivity index (χ3n) is 17.9. The third kappa shape index (κ3) is 18.1. The van der Waals surface area contributed by atoms with Gasteiger partial charge in [-0.15, -0.1) is 57.1 Å². The first-order valence-corrected chi connectivity index (χ1v) is 38.5. The molecule has 13 bridgehead atoms. The highest BCUT2D eigenvalue weighted by Gasteiger charge is 2.50. The van der Waals surface area contributed by atoms with Crippen molar-refractivity contribution in [2.75, 3.05) is 5.75 Å². The highest BCUT2D eigenvalue weighted by molar-refractivity contribution is 8.14. The lowest BCUT2D eigenvalue weighted by atomic mass is 9.81. The summed E-state index contributed by atoms with van der Waals surface area (Å²) in [6, 6.07) is -10.2. The van der Waals surface area contributed by atoms with Crippen molar-refractivity contribution in [1.29, 1.82) is 5.41 Å². The number of hydrogen-bond donors (Lipinski definition) is 18. The van der Waals surface area contributed by atoms with E-state index in [2.05, 4.69) is 91.5 Å². The predicted octanol–water partition coefficient (Wildman–Crippen LogP) is 8.60. The summed E-state index contributed by atoms with van der Waals surface area (Å²) in [5.41, 5.74) is -7.43. The molecule has 7 unspecified atom stereocenters. The molecule has 4 aliphatic heterocycles. The molecule has 0 spiro atoms. The molecule has 0 saturated heterocycles. The molecular formula is C70H79N19O18S5. The number of carbonyl (C=O) groups is 1. The lowest BCUT2D eigenvalue weighted by molar-refractivity contribution is -0.0698. The van der Waals surface area contributed by atoms with Crippen molar-refractivity contribution in [3.63, 3.8) is 0 Å². The van der Waals surface area contributed by atoms with E-state index in [0.29, 0.717) is 0 Å². The maximum Gasteiger partial charge on any atom is 0.357 e. The number of nitrogens with zero attached hydrogens (tertiary/aromatic N) is 17. The summed E-state index contributed by atoms with van der Waals surface area (Å²) in [5, 5.41) is 200. The summed E-state index contributed by atoms with van der Waals surface area (Å²) in [7, 11) is 0. The highest BCUT2D eigenvalue weighted by Crippen LogP contribution is 2.51. The van der Waals surface area contributed by atoms with Gasteiger partial charge in [-0.05, 0) is 71.9 Å². The van der Waals surface area contributed by atoms with E-state index in [4.69, 9.17) is 35.1 Å². The van der Waals surface area contributed by atoms with Crippen molar-refractivity contribution in [2.45, 2.75) is 159 Å². The Labute approximate surface area is 658 Å². The van der Waals surface area contributed by atoms with Gasteiger partial charge in [0.2, 0.25) is 64.9 Å². The Hall–Kier alpha value is -10.8. The van der Waals surface area contributed by atoms with Crippen LogP contribution in [0.2, 0.25) is 0 Å². The van der Waals surface area contributed by atoms with E-state index >= 15 is 0 Å². The number of esters is 1. The topological polar surface area (TPSA) is 599 Å². The number of ether oxygens (including phenoxy) is 1. The van der Waals surface area contributed by atoms with Crippen LogP contribution < -0.4 is 5.32 Å². The Kier molecular flexibility index (Phi) is 25.7. The minimum absolute atomic E-state index is 0.0208. The van der Waals surface area contributed by atoms with Crippen LogP contribution in [0.15, 0.2) is 154 Å². The van der Waals surface area contributed by atoms with E-state index in [1.807, 2.05) is 0 Å². The number of aliphatic hydroxyl groups is 16. The van der Waals surface area contributed by atoms with E-state index in [-0.39, 0.29) is 94.7 Å². The van der Waals surface area contributed by atoms with Crippen LogP contribution in [0.4, 0.5) is 0 Å². The molecule has 37 nitrogen and oxygen atoms in total. The third-order valence-corrected chi connectivity index (χ3v) is 22.7. The number of allylic oxidation sites excluding steroid dienone is 1. The maximum atomic E-state index is 14.9. The van der Waals surface area contributed by atoms with Crippen LogP contribution in [0.25, 0.3) is 6.08 Å². The lowest BCUT2D eigenvalue weighted by Gasteiger charge is -2.37. The number of rotatable bonds is 11. The number of fused-ring (bicyclic) bond motifs is 7. The van der Waals surface area contributed by atoms with Gasteiger partial charge in [-0.25, -0.2) is 79.6 Å². The van der Waals surface area contributed by atoms with Crippen molar-refractivity contribution >= 4 is 145 Å². The van der Waals surface area contributed by atoms with Gasteiger partial charge in [0.1, 0.15) is 124 Å². The number of carbonyl (C=O) groups excluding carboxylic acids is 1. The number of aliphatic imine (C=N–C) groups is 12. The number of aliphatic hydroxyl groups excluding tert-OH is 15. The summed E-state index contributed by atoms with van der Waals surface area (Å²) in [6.07, 6.45) is -2.17. The van der Waals surface area contributed by atoms with Crippen LogP contribution in [0.3, 0.4) is 0 Å². The largest absolute Gasteiger partial charge is 0.495 e. The molecule has 1 aliphatic carbocycles. The Bertz CT molecular complexity index is 5050. The zero-order chi connectivity index (χ0) is 81.9. The molecule has 14 atom stereocenters. The molecule has 592 valence electrons. The molecule has 9 heterocycles. The van der Waals surface area contributed by atoms with Crippen molar-refractivity contribution in [3.8, 4) is 0 Å². The number of thioether (sulfide) groups is 1. The SMILES string of the molecule is C=C(N=C(O)C(=C)N=C(O)c1csc(C2=N[C@@H]3c4csc(n4)C4N=C(O)c5csc(n5)C([C@](C)(O)[C@@H](C)O)N=C(O)[C@H]5CSC(=N5)/C(=C/C)N=C(O)C(C(C)O)N=C(O)c5csc(n5)[C@]3(CC2)N=C(O)[C@H](C)N=C(O)C(=C)N=C(O)C(=C)N=C(O)C(C(C)C)NC2C=Cc3c(CO)cc(nc3[C@H]2O)C(=O)OC4C)n1)C(=N)O. The van der Waals surface area contributed by atoms with Gasteiger partial charge in [0.05, 0.1) is 53.7 Å². The average molecular weight is 1630 g/mol. The summed E-state index contributed by atoms with van der Waals surface area (Å²) >= 11 is 4.55. The zero-order valence-electron chi connectivity index (χ0n) is 60.9. The van der Waals surface area contributed by atoms with E-state index in [1.54, 1.807) is 20.8 Å². The molecule has 0 saturated carbocycles. The number of cyclic esters (lactones) is 1. The lowest BCUT2D eigenvalue weighted by Crippen LogP contribution is -2.49. The number of thiazole rings is 4. The summed E-state index contributed by atoms with van der Waals surface area (Å²) in [6.45, 7) is 25.1. The van der Waals surface area contributed by atoms with Crippen LogP contribution in [0, 0.1) is 11.3 Å². The maximum absolute atomic E-state index is 14.9. The van der Waals surface area contributed by atoms with E-state index in [0.717, 1.165) is 57.1 Å². The average Bonchev–Trinajstić information content (AvgIpc) is 1.46. The summed E-state index contributed by atoms with van der Waals surface area (Å²) < 4.78 is 6.22. The van der Waals surface area contributed by atoms with E-state index in [9.17, 15) is 86.5 Å². The van der Waals surface area contributed by atoms with Gasteiger partial charge >= 0.3 is 5.97 Å². The minimum atomic E-state index is -2.20. The van der Waals surface area contributed by atoms with Crippen LogP contribution >= 0.6 is 57.1 Å². The normalized spacial score (nSPS) is 26.4. The molecular weight excluding hydrogens is 1560 g/mol. The van der Waals surface area contributed by atoms with Crippen LogP contribution in [0.1, 0.15) is 163 Å². The fourth-order valence-electron chi connectivity index (χ4n) is 11.5. The summed E-state index contributed by atoms with van der Waals surface area (Å²) in [5.74, 6) is -11.1. The van der Waals surface area contributed by atoms with Gasteiger partial charge < -0.3 is 86.4 Å². The Morgan fingerprint density at radius 1 is 0.777 bits per heavy atom. The highest BCUT2D eigenvalue weighted by atomic mass is 32.2. The first-order chi connectivity index (χ1) is 52.8. The predicted molar refractivity (Wildman–Crippen MR) is 428 cm³/mol. The van der Waals surface area contributed by atoms with Gasteiger partial charge in [0, 0.05) is 32.8 Å². The standard InChI is InChI=1S/C70H79N19O18S5/c1-13-36-63-82-43(22-108-63)60(102)88-51(69(12,106)33(11)92)66-84-42(23-111-66)58(100)87-47-32(10)107-67(105)39-18-34(19-90)35-14-15-37(49(93)48(35)78-39)77-45(25(2)3)61(103)76-29(7)55(97)73-27(5)54(96)74-30(8)56(98)89-70(68-85-44(24-112-68)59(101)86-46(31(9)91)62(104)80-36)17-16-38(79-50(70)40-20-110-65(47)81-40)64-83-41(21-109-64)57(99)75-28(6)53(95)72-26(4)52(71)94/h13-15,18,20-21,23-25,30-33,37,43,45-47,49-51,77,90-93,106H,4-7,16-17,19,22H2,1-3,8-12H3,(H2,71,94)(H,72,95)(H,73,97)(H,74,96)(H,75,99)(H,76,103)(H,80,104)(H,86,101)(H,87,100)(H,88,102)(H,89,98)/b36-13-/t30-,31?,32?,33+,37?,43+,45?,46?,47?,49-,50+,51?,69+,70+/m0/s1. The molecule has 0 radical (unpaired) electrons. The van der Waals surface area contributed by atoms with Gasteiger partial charge in [-0.1, -0.05) is 58.4 Å². The van der Waals surface area contributed by atoms with Crippen molar-refractivity contribution in [1.82, 2.24) is 30.2 Å². The van der Waals surface area contributed by atoms with Gasteiger partial charge in [-0.3, -0.25) is 20.7 Å². The van der Waals surface area contributed by atoms with Crippen LogP contribution in [0.5, 0.6) is 0 Å². The molecule has 5 aromatic heterocycles. The van der Waals surface area contributed by atoms with Crippen molar-refractivity contribution < 1.29 is 91.2 Å². The van der Waals surface area contributed by atoms with Crippen molar-refractivity contribution in [3.05, 3.63) is 160 Å². The quantitative estimate of drug-likeness (QED) is 0.0334. The summed E-state index contributed by atoms with van der Waals surface area (Å²) in [4.78, 5) is 91.0. The smallest absolute Gasteiger partial charge is 0.357 e. The Balaban J connectivity index is 1.25. The van der Waals surface area contributed by atoms with Gasteiger partial charge in [0.25, 0.3) is 0 Å². The number of nitrogens with one attached hydrogen (secondary N) is 2. The molecule has 0 amide bonds. The molecule has 112 heavy (non-hydrogen) atoms. The van der Waals surface area contributed by atoms with Gasteiger partial charge in [-0.2, -0.15) is 0 Å². The first-order valence-electron chi connectivity index (χ1n) is 34.0. The van der Waals surface area contributed by atoms with Crippen molar-refractivity contribution in [2.24, 2.45) is 65.8 Å². The van der Waals surface area contributed by atoms with E-state index < -0.39 is 196 Å². The molecule has 0 fully saturated rings. The van der Waals surface area contributed by atoms with E-state index in [1.165, 1.54) is 80.4 Å². The fraction of sp³-hybridized carbons (Fsp3) is 0.386. The molecule has 10 rings (SSSR count). The monoisotopic (exact) mass is 1630 g/mol. The second-order valence-electron chi connectivity index (χ2n) is 26.4. The molecule has 5 aliphatic rings. The second kappa shape index (κ2) is 34.4. The molecule has 18 N–H and O–H groups in total.